The minimum atomic E-state index is 0.110. The fraction of sp³-hybridized carbons (Fsp3) is 0.867. The lowest BCUT2D eigenvalue weighted by atomic mass is 9.96. The third kappa shape index (κ3) is 5.05. The number of aromatic nitrogens is 2. The highest BCUT2D eigenvalue weighted by Crippen LogP contribution is 2.18. The first-order valence-corrected chi connectivity index (χ1v) is 8.12. The number of piperidine rings is 1. The molecular weight excluding hydrogens is 268 g/mol. The van der Waals surface area contributed by atoms with Crippen molar-refractivity contribution in [2.75, 3.05) is 32.8 Å². The van der Waals surface area contributed by atoms with Gasteiger partial charge in [-0.15, -0.1) is 0 Å². The van der Waals surface area contributed by atoms with Crippen molar-refractivity contribution in [1.82, 2.24) is 20.4 Å². The van der Waals surface area contributed by atoms with E-state index >= 15 is 0 Å². The molecule has 1 aliphatic rings. The van der Waals surface area contributed by atoms with Gasteiger partial charge in [-0.05, 0) is 51.7 Å². The van der Waals surface area contributed by atoms with Gasteiger partial charge in [0.15, 0.2) is 5.82 Å². The van der Waals surface area contributed by atoms with Crippen LogP contribution in [0, 0.1) is 5.92 Å². The van der Waals surface area contributed by atoms with Crippen molar-refractivity contribution >= 4 is 0 Å². The van der Waals surface area contributed by atoms with Gasteiger partial charge in [-0.25, -0.2) is 0 Å². The van der Waals surface area contributed by atoms with Gasteiger partial charge in [0.1, 0.15) is 0 Å². The molecule has 6 nitrogen and oxygen atoms in total. The molecule has 0 radical (unpaired) electrons. The van der Waals surface area contributed by atoms with Crippen molar-refractivity contribution < 1.29 is 9.63 Å². The number of hydrogen-bond acceptors (Lipinski definition) is 6. The van der Waals surface area contributed by atoms with Crippen molar-refractivity contribution in [3.63, 3.8) is 0 Å². The lowest BCUT2D eigenvalue weighted by molar-refractivity contribution is 0.145. The van der Waals surface area contributed by atoms with Crippen LogP contribution in [0.25, 0.3) is 0 Å². The normalized spacial score (nSPS) is 19.0. The predicted molar refractivity (Wildman–Crippen MR) is 81.0 cm³/mol. The Kier molecular flexibility index (Phi) is 6.60. The van der Waals surface area contributed by atoms with E-state index in [4.69, 9.17) is 9.63 Å². The first-order chi connectivity index (χ1) is 10.2. The summed E-state index contributed by atoms with van der Waals surface area (Å²) in [6, 6.07) is 0.110. The number of aryl methyl sites for hydroxylation is 1. The summed E-state index contributed by atoms with van der Waals surface area (Å²) < 4.78 is 5.31. The number of nitrogens with zero attached hydrogens (tertiary/aromatic N) is 3. The highest BCUT2D eigenvalue weighted by Gasteiger charge is 2.20. The molecule has 1 aromatic heterocycles. The number of nitrogens with one attached hydrogen (secondary N) is 1. The molecule has 21 heavy (non-hydrogen) atoms. The van der Waals surface area contributed by atoms with Crippen LogP contribution in [0.1, 0.15) is 50.9 Å². The van der Waals surface area contributed by atoms with E-state index < -0.39 is 0 Å². The van der Waals surface area contributed by atoms with Gasteiger partial charge in [-0.2, -0.15) is 4.98 Å². The summed E-state index contributed by atoms with van der Waals surface area (Å²) in [5, 5.41) is 16.5. The Morgan fingerprint density at radius 2 is 2.19 bits per heavy atom. The lowest BCUT2D eigenvalue weighted by Gasteiger charge is -2.31. The van der Waals surface area contributed by atoms with Gasteiger partial charge in [0.05, 0.1) is 12.6 Å². The van der Waals surface area contributed by atoms with Crippen LogP contribution < -0.4 is 5.32 Å². The van der Waals surface area contributed by atoms with Crippen LogP contribution in [-0.2, 0) is 6.42 Å². The van der Waals surface area contributed by atoms with Crippen molar-refractivity contribution in [2.45, 2.75) is 45.6 Å². The van der Waals surface area contributed by atoms with Crippen LogP contribution in [-0.4, -0.2) is 52.9 Å². The Morgan fingerprint density at radius 1 is 1.43 bits per heavy atom. The van der Waals surface area contributed by atoms with E-state index in [-0.39, 0.29) is 12.6 Å². The molecule has 0 amide bonds. The summed E-state index contributed by atoms with van der Waals surface area (Å²) in [6.45, 7) is 8.41. The van der Waals surface area contributed by atoms with Crippen molar-refractivity contribution in [1.29, 1.82) is 0 Å². The van der Waals surface area contributed by atoms with Crippen LogP contribution in [0.4, 0.5) is 0 Å². The molecule has 1 aromatic rings. The van der Waals surface area contributed by atoms with Gasteiger partial charge in [0.25, 0.3) is 0 Å². The molecule has 2 heterocycles. The van der Waals surface area contributed by atoms with Crippen LogP contribution in [0.15, 0.2) is 4.52 Å². The van der Waals surface area contributed by atoms with Crippen LogP contribution in [0.5, 0.6) is 0 Å². The molecule has 1 fully saturated rings. The van der Waals surface area contributed by atoms with E-state index in [2.05, 4.69) is 34.2 Å². The van der Waals surface area contributed by atoms with Gasteiger partial charge >= 0.3 is 0 Å². The molecule has 0 bridgehead atoms. The second-order valence-corrected chi connectivity index (χ2v) is 5.94. The maximum absolute atomic E-state index is 8.95. The van der Waals surface area contributed by atoms with Gasteiger partial charge in [-0.1, -0.05) is 12.1 Å². The summed E-state index contributed by atoms with van der Waals surface area (Å²) in [6.07, 6.45) is 4.28. The molecule has 120 valence electrons. The molecule has 2 rings (SSSR count). The quantitative estimate of drug-likeness (QED) is 0.755. The largest absolute Gasteiger partial charge is 0.395 e. The van der Waals surface area contributed by atoms with E-state index in [1.54, 1.807) is 0 Å². The summed E-state index contributed by atoms with van der Waals surface area (Å²) in [4.78, 5) is 6.75. The van der Waals surface area contributed by atoms with E-state index in [0.717, 1.165) is 44.8 Å². The molecule has 0 unspecified atom stereocenters. The molecule has 0 aliphatic carbocycles. The Labute approximate surface area is 126 Å². The fourth-order valence-corrected chi connectivity index (χ4v) is 2.75. The van der Waals surface area contributed by atoms with E-state index in [1.807, 2.05) is 0 Å². The molecule has 6 heteroatoms. The zero-order valence-corrected chi connectivity index (χ0v) is 13.2. The predicted octanol–water partition coefficient (Wildman–Crippen LogP) is 1.38. The summed E-state index contributed by atoms with van der Waals surface area (Å²) in [7, 11) is 0. The number of hydrogen-bond donors (Lipinski definition) is 2. The number of aliphatic hydroxyl groups excluding tert-OH is 1. The highest BCUT2D eigenvalue weighted by molar-refractivity contribution is 4.91. The molecule has 1 saturated heterocycles. The third-order valence-corrected chi connectivity index (χ3v) is 4.16. The molecular formula is C15H28N4O2. The zero-order valence-electron chi connectivity index (χ0n) is 13.2. The molecule has 2 N–H and O–H groups in total. The molecule has 0 saturated carbocycles. The van der Waals surface area contributed by atoms with Crippen molar-refractivity contribution in [3.05, 3.63) is 11.7 Å². The van der Waals surface area contributed by atoms with Crippen molar-refractivity contribution in [2.24, 2.45) is 5.92 Å². The SMILES string of the molecule is CCCc1noc([C@@H](C)NCC2CCN(CCO)CC2)n1. The van der Waals surface area contributed by atoms with E-state index in [9.17, 15) is 0 Å². The lowest BCUT2D eigenvalue weighted by Crippen LogP contribution is -2.39. The summed E-state index contributed by atoms with van der Waals surface area (Å²) in [5.41, 5.74) is 0. The summed E-state index contributed by atoms with van der Waals surface area (Å²) >= 11 is 0. The fourth-order valence-electron chi connectivity index (χ4n) is 2.75. The molecule has 1 atom stereocenters. The van der Waals surface area contributed by atoms with Crippen LogP contribution in [0.2, 0.25) is 0 Å². The van der Waals surface area contributed by atoms with Gasteiger partial charge in [0, 0.05) is 13.0 Å². The van der Waals surface area contributed by atoms with E-state index in [0.29, 0.717) is 11.8 Å². The standard InChI is InChI=1S/C15H28N4O2/c1-3-4-14-17-15(21-18-14)12(2)16-11-13-5-7-19(8-6-13)9-10-20/h12-13,16,20H,3-11H2,1-2H3/t12-/m1/s1. The molecule has 0 aromatic carbocycles. The molecule has 0 spiro atoms. The Balaban J connectivity index is 1.70. The number of β-amino-alcohol motifs (C(OH)–C–C–N with tert-alkyl or cyclic N) is 1. The first kappa shape index (κ1) is 16.4. The Bertz CT molecular complexity index is 402. The summed E-state index contributed by atoms with van der Waals surface area (Å²) in [5.74, 6) is 2.19. The molecule has 1 aliphatic heterocycles. The minimum Gasteiger partial charge on any atom is -0.395 e. The number of likely N-dealkylation sites (tertiary alicyclic amines) is 1. The second-order valence-electron chi connectivity index (χ2n) is 5.94. The smallest absolute Gasteiger partial charge is 0.243 e. The first-order valence-electron chi connectivity index (χ1n) is 8.12. The highest BCUT2D eigenvalue weighted by atomic mass is 16.5. The van der Waals surface area contributed by atoms with Crippen molar-refractivity contribution in [3.8, 4) is 0 Å². The van der Waals surface area contributed by atoms with E-state index in [1.165, 1.54) is 12.8 Å². The van der Waals surface area contributed by atoms with Gasteiger partial charge < -0.3 is 19.8 Å². The third-order valence-electron chi connectivity index (χ3n) is 4.16. The van der Waals surface area contributed by atoms with Crippen LogP contribution in [0.3, 0.4) is 0 Å². The average molecular weight is 296 g/mol. The van der Waals surface area contributed by atoms with Gasteiger partial charge in [0.2, 0.25) is 5.89 Å². The second kappa shape index (κ2) is 8.46. The maximum atomic E-state index is 8.95. The zero-order chi connectivity index (χ0) is 15.1. The Morgan fingerprint density at radius 3 is 2.86 bits per heavy atom. The number of aliphatic hydroxyl groups is 1. The van der Waals surface area contributed by atoms with Crippen LogP contribution >= 0.6 is 0 Å². The maximum Gasteiger partial charge on any atom is 0.243 e. The number of rotatable bonds is 8. The van der Waals surface area contributed by atoms with Gasteiger partial charge in [-0.3, -0.25) is 0 Å². The Hall–Kier alpha value is -0.980. The average Bonchev–Trinajstić information content (AvgIpc) is 2.96. The minimum absolute atomic E-state index is 0.110. The topological polar surface area (TPSA) is 74.4 Å². The monoisotopic (exact) mass is 296 g/mol.